The zero-order chi connectivity index (χ0) is 15.9. The van der Waals surface area contributed by atoms with Gasteiger partial charge < -0.3 is 9.84 Å². The average Bonchev–Trinajstić information content (AvgIpc) is 2.55. The van der Waals surface area contributed by atoms with Crippen LogP contribution in [0.3, 0.4) is 0 Å². The molecule has 0 aliphatic rings. The van der Waals surface area contributed by atoms with Gasteiger partial charge in [0.25, 0.3) is 0 Å². The first-order valence-electron chi connectivity index (χ1n) is 6.41. The Morgan fingerprint density at radius 3 is 2.45 bits per heavy atom. The molecule has 2 aromatic rings. The number of rotatable bonds is 5. The Bertz CT molecular complexity index is 708. The molecule has 0 bridgehead atoms. The van der Waals surface area contributed by atoms with E-state index in [4.69, 9.17) is 9.84 Å². The summed E-state index contributed by atoms with van der Waals surface area (Å²) in [5.74, 6) is -1.42. The van der Waals surface area contributed by atoms with E-state index in [1.54, 1.807) is 36.4 Å². The Morgan fingerprint density at radius 1 is 1.14 bits per heavy atom. The summed E-state index contributed by atoms with van der Waals surface area (Å²) < 4.78 is 4.70. The van der Waals surface area contributed by atoms with Gasteiger partial charge in [0.2, 0.25) is 0 Å². The van der Waals surface area contributed by atoms with Crippen LogP contribution in [-0.2, 0) is 4.74 Å². The van der Waals surface area contributed by atoms with E-state index < -0.39 is 11.9 Å². The predicted octanol–water partition coefficient (Wildman–Crippen LogP) is 2.62. The Morgan fingerprint density at radius 2 is 1.82 bits per heavy atom. The second-order valence-corrected chi connectivity index (χ2v) is 4.33. The van der Waals surface area contributed by atoms with Crippen LogP contribution in [0.25, 0.3) is 0 Å². The molecule has 2 N–H and O–H groups in total. The lowest BCUT2D eigenvalue weighted by molar-refractivity contribution is 0.0599. The number of hydrazone groups is 1. The summed E-state index contributed by atoms with van der Waals surface area (Å²) in [5.41, 5.74) is 4.63. The number of methoxy groups -OCH3 is 1. The van der Waals surface area contributed by atoms with E-state index in [-0.39, 0.29) is 5.56 Å². The maximum Gasteiger partial charge on any atom is 0.338 e. The van der Waals surface area contributed by atoms with Crippen molar-refractivity contribution in [2.45, 2.75) is 0 Å². The highest BCUT2D eigenvalue weighted by Gasteiger charge is 2.08. The maximum atomic E-state index is 11.6. The molecular weight excluding hydrogens is 284 g/mol. The number of carboxylic acids is 1. The summed E-state index contributed by atoms with van der Waals surface area (Å²) in [7, 11) is 1.32. The number of carbonyl (C=O) groups is 2. The second kappa shape index (κ2) is 7.03. The van der Waals surface area contributed by atoms with Crippen molar-refractivity contribution in [3.8, 4) is 0 Å². The predicted molar refractivity (Wildman–Crippen MR) is 82.4 cm³/mol. The number of ether oxygens (including phenoxy) is 1. The number of anilines is 1. The molecule has 0 radical (unpaired) electrons. The van der Waals surface area contributed by atoms with Gasteiger partial charge in [0.05, 0.1) is 30.1 Å². The van der Waals surface area contributed by atoms with Crippen LogP contribution in [0.2, 0.25) is 0 Å². The normalized spacial score (nSPS) is 10.4. The lowest BCUT2D eigenvalue weighted by Gasteiger charge is -2.04. The number of carboxylic acid groups (broad SMARTS) is 1. The van der Waals surface area contributed by atoms with Gasteiger partial charge in [0, 0.05) is 5.56 Å². The molecule has 0 aliphatic heterocycles. The van der Waals surface area contributed by atoms with Crippen LogP contribution in [0, 0.1) is 0 Å². The van der Waals surface area contributed by atoms with Crippen LogP contribution < -0.4 is 5.43 Å². The molecule has 0 saturated carbocycles. The van der Waals surface area contributed by atoms with E-state index >= 15 is 0 Å². The molecule has 0 saturated heterocycles. The van der Waals surface area contributed by atoms with Gasteiger partial charge in [-0.05, 0) is 30.3 Å². The van der Waals surface area contributed by atoms with Gasteiger partial charge in [-0.3, -0.25) is 5.43 Å². The molecule has 0 atom stereocenters. The van der Waals surface area contributed by atoms with Gasteiger partial charge in [-0.2, -0.15) is 5.10 Å². The molecule has 2 rings (SSSR count). The standard InChI is InChI=1S/C16H14N2O4/c1-22-16(21)14-5-3-2-4-12(14)10-17-18-13-8-6-11(7-9-13)15(19)20/h2-10,18H,1H3,(H,19,20)/b17-10-. The van der Waals surface area contributed by atoms with E-state index in [2.05, 4.69) is 10.5 Å². The number of benzene rings is 2. The Kier molecular flexibility index (Phi) is 4.87. The maximum absolute atomic E-state index is 11.6. The highest BCUT2D eigenvalue weighted by molar-refractivity contribution is 5.99. The zero-order valence-electron chi connectivity index (χ0n) is 11.8. The smallest absolute Gasteiger partial charge is 0.338 e. The van der Waals surface area contributed by atoms with Crippen LogP contribution in [0.4, 0.5) is 5.69 Å². The molecule has 0 unspecified atom stereocenters. The molecule has 6 heteroatoms. The van der Waals surface area contributed by atoms with Gasteiger partial charge in [0.1, 0.15) is 0 Å². The van der Waals surface area contributed by atoms with E-state index in [0.29, 0.717) is 16.8 Å². The van der Waals surface area contributed by atoms with Gasteiger partial charge in [-0.25, -0.2) is 9.59 Å². The summed E-state index contributed by atoms with van der Waals surface area (Å²) in [6, 6.07) is 13.1. The van der Waals surface area contributed by atoms with Crippen LogP contribution >= 0.6 is 0 Å². The van der Waals surface area contributed by atoms with Crippen molar-refractivity contribution >= 4 is 23.8 Å². The SMILES string of the molecule is COC(=O)c1ccccc1/C=N\Nc1ccc(C(=O)O)cc1. The van der Waals surface area contributed by atoms with Gasteiger partial charge in [-0.1, -0.05) is 18.2 Å². The van der Waals surface area contributed by atoms with Crippen molar-refractivity contribution < 1.29 is 19.4 Å². The Labute approximate surface area is 127 Å². The number of esters is 1. The fourth-order valence-electron chi connectivity index (χ4n) is 1.77. The minimum atomic E-state index is -0.984. The van der Waals surface area contributed by atoms with Crippen molar-refractivity contribution in [2.75, 3.05) is 12.5 Å². The monoisotopic (exact) mass is 298 g/mol. The largest absolute Gasteiger partial charge is 0.478 e. The summed E-state index contributed by atoms with van der Waals surface area (Å²) in [6.45, 7) is 0. The number of nitrogens with zero attached hydrogens (tertiary/aromatic N) is 1. The lowest BCUT2D eigenvalue weighted by atomic mass is 10.1. The number of aromatic carboxylic acids is 1. The van der Waals surface area contributed by atoms with E-state index in [1.807, 2.05) is 0 Å². The minimum Gasteiger partial charge on any atom is -0.478 e. The molecule has 6 nitrogen and oxygen atoms in total. The first-order chi connectivity index (χ1) is 10.6. The topological polar surface area (TPSA) is 88.0 Å². The summed E-state index contributed by atoms with van der Waals surface area (Å²) in [4.78, 5) is 22.4. The molecule has 22 heavy (non-hydrogen) atoms. The highest BCUT2D eigenvalue weighted by Crippen LogP contribution is 2.11. The molecule has 0 spiro atoms. The number of nitrogens with one attached hydrogen (secondary N) is 1. The second-order valence-electron chi connectivity index (χ2n) is 4.33. The molecule has 0 fully saturated rings. The molecule has 112 valence electrons. The Balaban J connectivity index is 2.10. The number of hydrogen-bond acceptors (Lipinski definition) is 5. The molecule has 0 heterocycles. The first-order valence-corrected chi connectivity index (χ1v) is 6.41. The molecule has 2 aromatic carbocycles. The van der Waals surface area contributed by atoms with Gasteiger partial charge in [-0.15, -0.1) is 0 Å². The quantitative estimate of drug-likeness (QED) is 0.503. The summed E-state index contributed by atoms with van der Waals surface area (Å²) >= 11 is 0. The highest BCUT2D eigenvalue weighted by atomic mass is 16.5. The zero-order valence-corrected chi connectivity index (χ0v) is 11.8. The lowest BCUT2D eigenvalue weighted by Crippen LogP contribution is -2.05. The van der Waals surface area contributed by atoms with Crippen molar-refractivity contribution in [3.05, 3.63) is 65.2 Å². The van der Waals surface area contributed by atoms with E-state index in [0.717, 1.165) is 0 Å². The van der Waals surface area contributed by atoms with Gasteiger partial charge in [0.15, 0.2) is 0 Å². The summed E-state index contributed by atoms with van der Waals surface area (Å²) in [5, 5.41) is 12.8. The fourth-order valence-corrected chi connectivity index (χ4v) is 1.77. The van der Waals surface area contributed by atoms with Crippen molar-refractivity contribution in [2.24, 2.45) is 5.10 Å². The minimum absolute atomic E-state index is 0.200. The number of hydrogen-bond donors (Lipinski definition) is 2. The average molecular weight is 298 g/mol. The van der Waals surface area contributed by atoms with E-state index in [9.17, 15) is 9.59 Å². The van der Waals surface area contributed by atoms with Crippen LogP contribution in [0.15, 0.2) is 53.6 Å². The van der Waals surface area contributed by atoms with Crippen molar-refractivity contribution in [1.29, 1.82) is 0 Å². The first kappa shape index (κ1) is 15.2. The van der Waals surface area contributed by atoms with Gasteiger partial charge >= 0.3 is 11.9 Å². The summed E-state index contributed by atoms with van der Waals surface area (Å²) in [6.07, 6.45) is 1.50. The van der Waals surface area contributed by atoms with Crippen LogP contribution in [0.1, 0.15) is 26.3 Å². The molecule has 0 aromatic heterocycles. The molecule has 0 aliphatic carbocycles. The Hall–Kier alpha value is -3.15. The molecular formula is C16H14N2O4. The molecule has 0 amide bonds. The van der Waals surface area contributed by atoms with Crippen molar-refractivity contribution in [1.82, 2.24) is 0 Å². The van der Waals surface area contributed by atoms with Crippen LogP contribution in [0.5, 0.6) is 0 Å². The number of carbonyl (C=O) groups excluding carboxylic acids is 1. The third kappa shape index (κ3) is 3.69. The third-order valence-corrected chi connectivity index (χ3v) is 2.90. The van der Waals surface area contributed by atoms with E-state index in [1.165, 1.54) is 25.5 Å². The fraction of sp³-hybridized carbons (Fsp3) is 0.0625. The van der Waals surface area contributed by atoms with Crippen LogP contribution in [-0.4, -0.2) is 30.4 Å². The third-order valence-electron chi connectivity index (χ3n) is 2.90. The van der Waals surface area contributed by atoms with Crippen molar-refractivity contribution in [3.63, 3.8) is 0 Å².